The predicted octanol–water partition coefficient (Wildman–Crippen LogP) is 3.95. The van der Waals surface area contributed by atoms with Crippen molar-refractivity contribution < 1.29 is 4.42 Å². The molecule has 0 unspecified atom stereocenters. The van der Waals surface area contributed by atoms with Gasteiger partial charge in [0.15, 0.2) is 0 Å². The van der Waals surface area contributed by atoms with Gasteiger partial charge in [0.05, 0.1) is 5.92 Å². The Balaban J connectivity index is 2.13. The second-order valence-electron chi connectivity index (χ2n) is 3.99. The van der Waals surface area contributed by atoms with E-state index in [4.69, 9.17) is 4.42 Å². The summed E-state index contributed by atoms with van der Waals surface area (Å²) < 4.78 is 5.80. The van der Waals surface area contributed by atoms with E-state index in [-0.39, 0.29) is 0 Å². The van der Waals surface area contributed by atoms with E-state index in [0.29, 0.717) is 5.92 Å². The van der Waals surface area contributed by atoms with Crippen LogP contribution in [0.3, 0.4) is 0 Å². The lowest BCUT2D eigenvalue weighted by Gasteiger charge is -1.97. The van der Waals surface area contributed by atoms with Gasteiger partial charge in [-0.05, 0) is 25.1 Å². The molecule has 0 N–H and O–H groups in total. The highest BCUT2D eigenvalue weighted by atomic mass is 16.3. The number of hydrogen-bond acceptors (Lipinski definition) is 1. The van der Waals surface area contributed by atoms with Crippen LogP contribution in [0.5, 0.6) is 0 Å². The second kappa shape index (κ2) is 3.13. The molecule has 0 spiro atoms. The fourth-order valence-electron chi connectivity index (χ4n) is 1.97. The number of furan rings is 1. The van der Waals surface area contributed by atoms with Gasteiger partial charge in [-0.1, -0.05) is 35.9 Å². The Morgan fingerprint density at radius 2 is 1.87 bits per heavy atom. The van der Waals surface area contributed by atoms with E-state index in [1.54, 1.807) is 0 Å². The minimum absolute atomic E-state index is 0.317. The highest BCUT2D eigenvalue weighted by molar-refractivity contribution is 5.79. The summed E-state index contributed by atoms with van der Waals surface area (Å²) in [6.07, 6.45) is 8.40. The van der Waals surface area contributed by atoms with Gasteiger partial charge in [0.25, 0.3) is 0 Å². The van der Waals surface area contributed by atoms with Crippen LogP contribution in [-0.4, -0.2) is 0 Å². The van der Waals surface area contributed by atoms with Gasteiger partial charge in [-0.3, -0.25) is 0 Å². The molecule has 1 nitrogen and oxygen atoms in total. The number of benzene rings is 1. The van der Waals surface area contributed by atoms with Crippen molar-refractivity contribution in [3.8, 4) is 0 Å². The van der Waals surface area contributed by atoms with Crippen LogP contribution < -0.4 is 0 Å². The molecule has 0 amide bonds. The minimum Gasteiger partial charge on any atom is -0.460 e. The molecule has 1 heteroatoms. The van der Waals surface area contributed by atoms with Crippen LogP contribution >= 0.6 is 0 Å². The molecule has 0 bridgehead atoms. The summed E-state index contributed by atoms with van der Waals surface area (Å²) in [5.74, 6) is 1.35. The van der Waals surface area contributed by atoms with Crippen molar-refractivity contribution in [3.05, 3.63) is 59.9 Å². The minimum atomic E-state index is 0.317. The predicted molar refractivity (Wildman–Crippen MR) is 62.0 cm³/mol. The van der Waals surface area contributed by atoms with Crippen LogP contribution in [0.15, 0.2) is 53.0 Å². The van der Waals surface area contributed by atoms with Gasteiger partial charge >= 0.3 is 0 Å². The van der Waals surface area contributed by atoms with Crippen LogP contribution in [0.4, 0.5) is 0 Å². The molecule has 0 radical (unpaired) electrons. The van der Waals surface area contributed by atoms with Crippen molar-refractivity contribution in [3.63, 3.8) is 0 Å². The molecule has 2 aromatic rings. The van der Waals surface area contributed by atoms with Gasteiger partial charge in [-0.25, -0.2) is 0 Å². The van der Waals surface area contributed by atoms with Gasteiger partial charge in [0.1, 0.15) is 11.3 Å². The topological polar surface area (TPSA) is 13.1 Å². The van der Waals surface area contributed by atoms with E-state index in [1.807, 2.05) is 6.07 Å². The van der Waals surface area contributed by atoms with Crippen LogP contribution in [0, 0.1) is 6.92 Å². The Morgan fingerprint density at radius 3 is 2.67 bits per heavy atom. The largest absolute Gasteiger partial charge is 0.460 e. The van der Waals surface area contributed by atoms with Gasteiger partial charge in [0.2, 0.25) is 0 Å². The average molecular weight is 196 g/mol. The summed E-state index contributed by atoms with van der Waals surface area (Å²) in [5.41, 5.74) is 2.25. The summed E-state index contributed by atoms with van der Waals surface area (Å²) in [6.45, 7) is 2.10. The molecular formula is C14H12O. The standard InChI is InChI=1S/C14H12O/c1-10-6-7-13-12(8-10)9-14(15-13)11-4-2-3-5-11/h2-9,11H,1H3. The Labute approximate surface area is 88.7 Å². The average Bonchev–Trinajstić information content (AvgIpc) is 2.84. The van der Waals surface area contributed by atoms with Crippen LogP contribution in [0.25, 0.3) is 11.0 Å². The first-order chi connectivity index (χ1) is 7.33. The normalized spacial score (nSPS) is 15.5. The lowest BCUT2D eigenvalue weighted by atomic mass is 10.1. The van der Waals surface area contributed by atoms with E-state index in [9.17, 15) is 0 Å². The molecular weight excluding hydrogens is 184 g/mol. The molecule has 0 saturated heterocycles. The lowest BCUT2D eigenvalue weighted by Crippen LogP contribution is -1.82. The van der Waals surface area contributed by atoms with E-state index in [1.165, 1.54) is 10.9 Å². The van der Waals surface area contributed by atoms with Crippen molar-refractivity contribution in [1.82, 2.24) is 0 Å². The Bertz CT molecular complexity index is 546. The maximum absolute atomic E-state index is 5.80. The summed E-state index contributed by atoms with van der Waals surface area (Å²) >= 11 is 0. The number of fused-ring (bicyclic) bond motifs is 1. The zero-order valence-corrected chi connectivity index (χ0v) is 8.60. The van der Waals surface area contributed by atoms with Crippen LogP contribution in [0.2, 0.25) is 0 Å². The van der Waals surface area contributed by atoms with E-state index in [2.05, 4.69) is 49.4 Å². The monoisotopic (exact) mass is 196 g/mol. The van der Waals surface area contributed by atoms with Crippen LogP contribution in [-0.2, 0) is 0 Å². The van der Waals surface area contributed by atoms with E-state index < -0.39 is 0 Å². The maximum Gasteiger partial charge on any atom is 0.134 e. The molecule has 1 aromatic carbocycles. The maximum atomic E-state index is 5.80. The van der Waals surface area contributed by atoms with Gasteiger partial charge in [-0.15, -0.1) is 0 Å². The Hall–Kier alpha value is -1.76. The number of rotatable bonds is 1. The van der Waals surface area contributed by atoms with E-state index >= 15 is 0 Å². The zero-order valence-electron chi connectivity index (χ0n) is 8.60. The van der Waals surface area contributed by atoms with E-state index in [0.717, 1.165) is 11.3 Å². The number of hydrogen-bond donors (Lipinski definition) is 0. The van der Waals surface area contributed by atoms with Crippen molar-refractivity contribution in [2.75, 3.05) is 0 Å². The summed E-state index contributed by atoms with van der Waals surface area (Å²) in [4.78, 5) is 0. The molecule has 1 aromatic heterocycles. The van der Waals surface area contributed by atoms with Crippen molar-refractivity contribution in [2.24, 2.45) is 0 Å². The molecule has 3 rings (SSSR count). The smallest absolute Gasteiger partial charge is 0.134 e. The van der Waals surface area contributed by atoms with Gasteiger partial charge in [0, 0.05) is 5.39 Å². The summed E-state index contributed by atoms with van der Waals surface area (Å²) in [5, 5.41) is 1.19. The van der Waals surface area contributed by atoms with Gasteiger partial charge < -0.3 is 4.42 Å². The Kier molecular flexibility index (Phi) is 1.78. The number of allylic oxidation sites excluding steroid dienone is 4. The fraction of sp³-hybridized carbons (Fsp3) is 0.143. The molecule has 1 heterocycles. The highest BCUT2D eigenvalue weighted by Gasteiger charge is 2.12. The highest BCUT2D eigenvalue weighted by Crippen LogP contribution is 2.29. The fourth-order valence-corrected chi connectivity index (χ4v) is 1.97. The molecule has 0 saturated carbocycles. The Morgan fingerprint density at radius 1 is 1.07 bits per heavy atom. The molecule has 0 fully saturated rings. The lowest BCUT2D eigenvalue weighted by molar-refractivity contribution is 0.550. The van der Waals surface area contributed by atoms with Crippen molar-refractivity contribution >= 4 is 11.0 Å². The summed E-state index contributed by atoms with van der Waals surface area (Å²) in [7, 11) is 0. The first-order valence-electron chi connectivity index (χ1n) is 5.18. The third-order valence-corrected chi connectivity index (χ3v) is 2.77. The molecule has 74 valence electrons. The van der Waals surface area contributed by atoms with Gasteiger partial charge in [-0.2, -0.15) is 0 Å². The third-order valence-electron chi connectivity index (χ3n) is 2.77. The molecule has 0 atom stereocenters. The molecule has 15 heavy (non-hydrogen) atoms. The van der Waals surface area contributed by atoms with Crippen molar-refractivity contribution in [2.45, 2.75) is 12.8 Å². The number of aryl methyl sites for hydroxylation is 1. The van der Waals surface area contributed by atoms with Crippen LogP contribution in [0.1, 0.15) is 17.2 Å². The second-order valence-corrected chi connectivity index (χ2v) is 3.99. The quantitative estimate of drug-likeness (QED) is 0.673. The molecule has 1 aliphatic rings. The first kappa shape index (κ1) is 8.54. The third kappa shape index (κ3) is 1.40. The summed E-state index contributed by atoms with van der Waals surface area (Å²) in [6, 6.07) is 8.41. The van der Waals surface area contributed by atoms with Crippen molar-refractivity contribution in [1.29, 1.82) is 0 Å². The first-order valence-corrected chi connectivity index (χ1v) is 5.18. The zero-order chi connectivity index (χ0) is 10.3. The SMILES string of the molecule is Cc1ccc2oc(C3C=CC=C3)cc2c1. The molecule has 0 aliphatic heterocycles. The molecule has 1 aliphatic carbocycles.